The van der Waals surface area contributed by atoms with E-state index in [-0.39, 0.29) is 18.6 Å². The molecule has 0 heterocycles. The van der Waals surface area contributed by atoms with Crippen molar-refractivity contribution in [1.82, 2.24) is 5.32 Å². The van der Waals surface area contributed by atoms with Gasteiger partial charge in [-0.1, -0.05) is 67.7 Å². The number of carbonyl (C=O) groups excluding carboxylic acids is 1. The van der Waals surface area contributed by atoms with Crippen LogP contribution in [-0.2, 0) is 14.4 Å². The van der Waals surface area contributed by atoms with Crippen molar-refractivity contribution in [1.29, 1.82) is 0 Å². The van der Waals surface area contributed by atoms with E-state index in [1.165, 1.54) is 0 Å². The monoisotopic (exact) mass is 534 g/mol. The van der Waals surface area contributed by atoms with Crippen LogP contribution < -0.4 is 11.1 Å². The molecule has 0 rings (SSSR count). The third-order valence-corrected chi connectivity index (χ3v) is 5.64. The molecule has 0 saturated carbocycles. The quantitative estimate of drug-likeness (QED) is 0.0828. The Balaban J connectivity index is 4.87. The van der Waals surface area contributed by atoms with Crippen molar-refractivity contribution in [2.75, 3.05) is 12.3 Å². The zero-order chi connectivity index (χ0) is 27.9. The van der Waals surface area contributed by atoms with Gasteiger partial charge in [0, 0.05) is 12.2 Å². The van der Waals surface area contributed by atoms with Crippen molar-refractivity contribution in [3.63, 3.8) is 0 Å². The summed E-state index contributed by atoms with van der Waals surface area (Å²) >= 11 is 1.05. The number of carbonyl (C=O) groups is 3. The number of rotatable bonds is 19. The molecule has 0 aliphatic rings. The van der Waals surface area contributed by atoms with Crippen molar-refractivity contribution >= 4 is 29.6 Å². The summed E-state index contributed by atoms with van der Waals surface area (Å²) in [6.45, 7) is 1.49. The molecule has 0 saturated heterocycles. The maximum Gasteiger partial charge on any atom is 0.322 e. The van der Waals surface area contributed by atoms with Crippen molar-refractivity contribution in [2.24, 2.45) is 5.73 Å². The topological polar surface area (TPSA) is 170 Å². The van der Waals surface area contributed by atoms with E-state index in [0.29, 0.717) is 17.7 Å². The van der Waals surface area contributed by atoms with Gasteiger partial charge >= 0.3 is 11.9 Å². The number of aliphatic carboxylic acids is 2. The summed E-state index contributed by atoms with van der Waals surface area (Å²) < 4.78 is 0. The number of nitrogens with two attached hydrogens (primary N) is 1. The molecular weight excluding hydrogens is 496 g/mol. The largest absolute Gasteiger partial charge is 0.481 e. The molecule has 0 bridgehead atoms. The van der Waals surface area contributed by atoms with Crippen LogP contribution in [0, 0.1) is 0 Å². The first-order valence-corrected chi connectivity index (χ1v) is 12.9. The van der Waals surface area contributed by atoms with Gasteiger partial charge in [-0.2, -0.15) is 0 Å². The van der Waals surface area contributed by atoms with Crippen LogP contribution in [0.1, 0.15) is 39.0 Å². The minimum Gasteiger partial charge on any atom is -0.481 e. The van der Waals surface area contributed by atoms with Crippen LogP contribution in [0.4, 0.5) is 0 Å². The second-order valence-corrected chi connectivity index (χ2v) is 8.76. The Hall–Kier alpha value is -3.14. The third-order valence-electron chi connectivity index (χ3n) is 4.42. The highest BCUT2D eigenvalue weighted by molar-refractivity contribution is 8.03. The molecule has 0 fully saturated rings. The van der Waals surface area contributed by atoms with Crippen LogP contribution in [0.3, 0.4) is 0 Å². The lowest BCUT2D eigenvalue weighted by Crippen LogP contribution is -2.44. The van der Waals surface area contributed by atoms with Gasteiger partial charge in [0.25, 0.3) is 0 Å². The summed E-state index contributed by atoms with van der Waals surface area (Å²) in [5.74, 6) is -2.84. The maximum absolute atomic E-state index is 11.8. The average Bonchev–Trinajstić information content (AvgIpc) is 2.85. The van der Waals surface area contributed by atoms with Gasteiger partial charge in [-0.25, -0.2) is 0 Å². The van der Waals surface area contributed by atoms with E-state index in [2.05, 4.69) is 11.0 Å². The summed E-state index contributed by atoms with van der Waals surface area (Å²) in [5.41, 5.74) is 8.66. The molecule has 1 amide bonds. The zero-order valence-corrected chi connectivity index (χ0v) is 21.8. The number of thioether (sulfide) groups is 1. The molecule has 37 heavy (non-hydrogen) atoms. The van der Waals surface area contributed by atoms with Gasteiger partial charge in [0.2, 0.25) is 5.91 Å². The predicted molar refractivity (Wildman–Crippen MR) is 147 cm³/mol. The Morgan fingerprint density at radius 2 is 1.68 bits per heavy atom. The van der Waals surface area contributed by atoms with Gasteiger partial charge in [0.1, 0.15) is 6.54 Å². The van der Waals surface area contributed by atoms with Gasteiger partial charge in [-0.15, -0.1) is 17.5 Å². The number of amides is 1. The number of carboxylic acids is 2. The fourth-order valence-electron chi connectivity index (χ4n) is 2.49. The van der Waals surface area contributed by atoms with E-state index in [1.807, 2.05) is 43.4 Å². The third kappa shape index (κ3) is 20.7. The minimum atomic E-state index is -1.19. The molecule has 7 N–H and O–H groups in total. The first kappa shape index (κ1) is 33.9. The molecule has 204 valence electrons. The Kier molecular flexibility index (Phi) is 20.2. The Labute approximate surface area is 222 Å². The Morgan fingerprint density at radius 1 is 0.973 bits per heavy atom. The van der Waals surface area contributed by atoms with Crippen molar-refractivity contribution in [3.8, 4) is 0 Å². The maximum atomic E-state index is 11.8. The van der Waals surface area contributed by atoms with Crippen molar-refractivity contribution in [2.45, 2.75) is 57.3 Å². The standard InChI is InChI=1S/C27H38N2O7S/c1-2-3-11-14-21(30)15-12-9-7-5-4-6-8-10-13-16-24(23(31)17-18-25(32)33)37-20-22(28)27(36)29-19-26(34)35/h3-4,6-13,15,21-23,30-31H,2,5,14,17-20,28H2,1H3,(H,29,36)(H,32,33)(H,34,35)/b6-4-,9-7-,10-8+,11-3-,15-12+/t16?,21-,22-,23-/m0/s1. The highest BCUT2D eigenvalue weighted by Gasteiger charge is 2.18. The highest BCUT2D eigenvalue weighted by Crippen LogP contribution is 2.22. The molecule has 0 aliphatic heterocycles. The number of hydrogen-bond donors (Lipinski definition) is 6. The lowest BCUT2D eigenvalue weighted by Gasteiger charge is -2.15. The van der Waals surface area contributed by atoms with Crippen LogP contribution >= 0.6 is 11.8 Å². The van der Waals surface area contributed by atoms with Gasteiger partial charge in [0.05, 0.1) is 23.2 Å². The summed E-state index contributed by atoms with van der Waals surface area (Å²) in [6.07, 6.45) is 20.4. The van der Waals surface area contributed by atoms with E-state index in [0.717, 1.165) is 18.2 Å². The molecule has 0 spiro atoms. The predicted octanol–water partition coefficient (Wildman–Crippen LogP) is 2.84. The Morgan fingerprint density at radius 3 is 2.32 bits per heavy atom. The fourth-order valence-corrected chi connectivity index (χ4v) is 3.46. The molecule has 0 radical (unpaired) electrons. The summed E-state index contributed by atoms with van der Waals surface area (Å²) in [7, 11) is 0. The van der Waals surface area contributed by atoms with Crippen LogP contribution in [0.25, 0.3) is 0 Å². The van der Waals surface area contributed by atoms with E-state index < -0.39 is 42.6 Å². The van der Waals surface area contributed by atoms with Crippen LogP contribution in [0.5, 0.6) is 0 Å². The molecule has 0 unspecified atom stereocenters. The average molecular weight is 535 g/mol. The summed E-state index contributed by atoms with van der Waals surface area (Å²) in [6, 6.07) is -1.02. The second kappa shape index (κ2) is 22.1. The van der Waals surface area contributed by atoms with E-state index in [1.54, 1.807) is 30.4 Å². The van der Waals surface area contributed by atoms with Gasteiger partial charge in [0.15, 0.2) is 0 Å². The number of carboxylic acid groups (broad SMARTS) is 2. The number of allylic oxidation sites excluding steroid dienone is 8. The van der Waals surface area contributed by atoms with Gasteiger partial charge in [-0.05, 0) is 31.8 Å². The fraction of sp³-hybridized carbons (Fsp3) is 0.407. The summed E-state index contributed by atoms with van der Waals surface area (Å²) in [4.78, 5) is 33.5. The minimum absolute atomic E-state index is 0.0319. The number of hydrogen-bond acceptors (Lipinski definition) is 7. The molecule has 3 atom stereocenters. The SMILES string of the molecule is CC/C=C\C[C@H](O)/C=C/C=C\C/C=C\C=C\C=C=C(SC[C@H](N)C(=O)NCC(=O)O)[C@@H](O)CCC(=O)O. The van der Waals surface area contributed by atoms with E-state index in [4.69, 9.17) is 15.9 Å². The highest BCUT2D eigenvalue weighted by atomic mass is 32.2. The number of aliphatic hydroxyl groups excluding tert-OH is 2. The number of aliphatic hydroxyl groups is 2. The molecule has 0 aliphatic carbocycles. The van der Waals surface area contributed by atoms with Gasteiger partial charge < -0.3 is 31.5 Å². The van der Waals surface area contributed by atoms with Gasteiger partial charge in [-0.3, -0.25) is 14.4 Å². The smallest absolute Gasteiger partial charge is 0.322 e. The van der Waals surface area contributed by atoms with E-state index in [9.17, 15) is 24.6 Å². The normalized spacial score (nSPS) is 14.4. The molecule has 0 aromatic rings. The van der Waals surface area contributed by atoms with Crippen LogP contribution in [0.2, 0.25) is 0 Å². The zero-order valence-electron chi connectivity index (χ0n) is 21.0. The lowest BCUT2D eigenvalue weighted by atomic mass is 10.2. The van der Waals surface area contributed by atoms with Crippen molar-refractivity contribution < 1.29 is 34.8 Å². The molecular formula is C27H38N2O7S. The Bertz CT molecular complexity index is 916. The molecule has 0 aromatic carbocycles. The van der Waals surface area contributed by atoms with Crippen LogP contribution in [0.15, 0.2) is 77.5 Å². The summed E-state index contributed by atoms with van der Waals surface area (Å²) in [5, 5.41) is 39.7. The lowest BCUT2D eigenvalue weighted by molar-refractivity contribution is -0.138. The molecule has 10 heteroatoms. The number of nitrogens with one attached hydrogen (secondary N) is 1. The molecule has 0 aromatic heterocycles. The van der Waals surface area contributed by atoms with Crippen LogP contribution in [-0.4, -0.2) is 68.8 Å². The van der Waals surface area contributed by atoms with Crippen molar-refractivity contribution in [3.05, 3.63) is 77.5 Å². The molecule has 9 nitrogen and oxygen atoms in total. The first-order chi connectivity index (χ1) is 17.7. The first-order valence-electron chi connectivity index (χ1n) is 11.9. The van der Waals surface area contributed by atoms with E-state index >= 15 is 0 Å². The second-order valence-electron chi connectivity index (χ2n) is 7.70.